The Bertz CT molecular complexity index is 2700. The molecule has 2 aromatic heterocycles. The van der Waals surface area contributed by atoms with Gasteiger partial charge < -0.3 is 14.0 Å². The average Bonchev–Trinajstić information content (AvgIpc) is 3.64. The molecule has 212 valence electrons. The molecule has 46 heavy (non-hydrogen) atoms. The van der Waals surface area contributed by atoms with E-state index in [2.05, 4.69) is 172 Å². The Labute approximate surface area is 266 Å². The van der Waals surface area contributed by atoms with Crippen molar-refractivity contribution < 1.29 is 0 Å². The summed E-state index contributed by atoms with van der Waals surface area (Å²) < 4.78 is 5.03. The molecule has 0 atom stereocenters. The lowest BCUT2D eigenvalue weighted by atomic mass is 9.34. The second-order valence-corrected chi connectivity index (χ2v) is 12.5. The molecule has 4 heteroatoms. The second kappa shape index (κ2) is 8.80. The van der Waals surface area contributed by atoms with Crippen molar-refractivity contribution in [1.82, 2.24) is 9.13 Å². The maximum Gasteiger partial charge on any atom is 0.252 e. The molecule has 0 unspecified atom stereocenters. The first kappa shape index (κ1) is 24.3. The van der Waals surface area contributed by atoms with Crippen molar-refractivity contribution >= 4 is 83.8 Å². The van der Waals surface area contributed by atoms with E-state index in [1.807, 2.05) is 0 Å². The summed E-state index contributed by atoms with van der Waals surface area (Å²) in [6.07, 6.45) is 0. The van der Waals surface area contributed by atoms with E-state index in [1.54, 1.807) is 0 Å². The summed E-state index contributed by atoms with van der Waals surface area (Å²) in [5.41, 5.74) is 15.2. The van der Waals surface area contributed by atoms with Gasteiger partial charge in [0, 0.05) is 55.5 Å². The van der Waals surface area contributed by atoms with E-state index in [1.165, 1.54) is 88.4 Å². The van der Waals surface area contributed by atoms with E-state index >= 15 is 0 Å². The van der Waals surface area contributed by atoms with E-state index in [0.717, 1.165) is 0 Å². The molecule has 0 bridgehead atoms. The lowest BCUT2D eigenvalue weighted by molar-refractivity contribution is 1.17. The fourth-order valence-electron chi connectivity index (χ4n) is 8.59. The van der Waals surface area contributed by atoms with Gasteiger partial charge in [-0.25, -0.2) is 0 Å². The molecule has 0 saturated carbocycles. The van der Waals surface area contributed by atoms with Gasteiger partial charge in [0.15, 0.2) is 0 Å². The topological polar surface area (TPSA) is 13.1 Å². The van der Waals surface area contributed by atoms with E-state index in [0.29, 0.717) is 0 Å². The number of hydrogen-bond donors (Lipinski definition) is 0. The lowest BCUT2D eigenvalue weighted by Gasteiger charge is -2.40. The van der Waals surface area contributed by atoms with Crippen molar-refractivity contribution in [3.63, 3.8) is 0 Å². The SMILES string of the molecule is c1ccc(N2c3ccccc3B3c4c2cccc4-n2c4ccc5c6ccccc6n(-c6ccccc6)c5c4c4cccc3c42)cc1. The second-order valence-electron chi connectivity index (χ2n) is 12.5. The molecule has 0 fully saturated rings. The fraction of sp³-hybridized carbons (Fsp3) is 0. The Morgan fingerprint density at radius 2 is 1.02 bits per heavy atom. The smallest absolute Gasteiger partial charge is 0.252 e. The fourth-order valence-corrected chi connectivity index (χ4v) is 8.59. The Morgan fingerprint density at radius 1 is 0.370 bits per heavy atom. The standard InChI is InChI=1S/C42H26BN3/c1-3-13-27(14-4-1)44-35-22-10-8-19-32(35)43-33-20-11-18-31-39-36(46(41(31)33)38-24-12-23-37(44)40(38)43)26-25-30-29-17-7-9-21-34(29)45(42(30)39)28-15-5-2-6-16-28/h1-26H. The molecule has 0 saturated heterocycles. The minimum absolute atomic E-state index is 0.137. The molecule has 0 spiro atoms. The van der Waals surface area contributed by atoms with Crippen molar-refractivity contribution in [2.45, 2.75) is 0 Å². The molecule has 0 radical (unpaired) electrons. The number of para-hydroxylation sites is 5. The summed E-state index contributed by atoms with van der Waals surface area (Å²) in [7, 11) is 0. The number of nitrogens with zero attached hydrogens (tertiary/aromatic N) is 3. The van der Waals surface area contributed by atoms with Gasteiger partial charge in [0.2, 0.25) is 0 Å². The first-order valence-corrected chi connectivity index (χ1v) is 16.0. The van der Waals surface area contributed by atoms with Gasteiger partial charge in [-0.05, 0) is 71.0 Å². The third-order valence-corrected chi connectivity index (χ3v) is 10.3. The van der Waals surface area contributed by atoms with Crippen molar-refractivity contribution in [1.29, 1.82) is 0 Å². The molecule has 11 rings (SSSR count). The Hall–Kier alpha value is -6.00. The monoisotopic (exact) mass is 583 g/mol. The van der Waals surface area contributed by atoms with Crippen LogP contribution in [0.2, 0.25) is 0 Å². The van der Waals surface area contributed by atoms with Crippen LogP contribution in [0.25, 0.3) is 55.0 Å². The first-order valence-electron chi connectivity index (χ1n) is 16.0. The third-order valence-electron chi connectivity index (χ3n) is 10.3. The van der Waals surface area contributed by atoms with Gasteiger partial charge >= 0.3 is 0 Å². The maximum atomic E-state index is 2.55. The van der Waals surface area contributed by atoms with Crippen molar-refractivity contribution in [3.05, 3.63) is 158 Å². The van der Waals surface area contributed by atoms with Gasteiger partial charge in [0.1, 0.15) is 0 Å². The summed E-state index contributed by atoms with van der Waals surface area (Å²) in [5.74, 6) is 0. The van der Waals surface area contributed by atoms with Gasteiger partial charge in [-0.3, -0.25) is 0 Å². The minimum Gasteiger partial charge on any atom is -0.311 e. The molecule has 0 amide bonds. The van der Waals surface area contributed by atoms with Gasteiger partial charge in [0.05, 0.1) is 16.6 Å². The zero-order valence-electron chi connectivity index (χ0n) is 24.9. The molecule has 3 nitrogen and oxygen atoms in total. The molecule has 0 aliphatic carbocycles. The molecular weight excluding hydrogens is 557 g/mol. The van der Waals surface area contributed by atoms with Crippen LogP contribution in [-0.2, 0) is 0 Å². The predicted molar refractivity (Wildman–Crippen MR) is 194 cm³/mol. The number of rotatable bonds is 2. The zero-order chi connectivity index (χ0) is 29.9. The highest BCUT2D eigenvalue weighted by Gasteiger charge is 2.41. The zero-order valence-corrected chi connectivity index (χ0v) is 24.9. The minimum atomic E-state index is 0.137. The maximum absolute atomic E-state index is 2.55. The summed E-state index contributed by atoms with van der Waals surface area (Å²) in [6, 6.07) is 58.0. The van der Waals surface area contributed by atoms with Gasteiger partial charge in [-0.15, -0.1) is 0 Å². The van der Waals surface area contributed by atoms with Gasteiger partial charge in [-0.1, -0.05) is 103 Å². The van der Waals surface area contributed by atoms with E-state index in [4.69, 9.17) is 0 Å². The highest BCUT2D eigenvalue weighted by atomic mass is 15.2. The molecule has 9 aromatic rings. The number of aromatic nitrogens is 2. The van der Waals surface area contributed by atoms with Crippen LogP contribution in [0.3, 0.4) is 0 Å². The first-order chi connectivity index (χ1) is 22.9. The number of benzene rings is 7. The molecule has 7 aromatic carbocycles. The molecule has 0 N–H and O–H groups in total. The molecule has 4 heterocycles. The number of fused-ring (bicyclic) bond motifs is 11. The highest BCUT2D eigenvalue weighted by molar-refractivity contribution is 7.00. The lowest BCUT2D eigenvalue weighted by Crippen LogP contribution is -2.60. The van der Waals surface area contributed by atoms with Crippen LogP contribution in [0.1, 0.15) is 0 Å². The van der Waals surface area contributed by atoms with E-state index < -0.39 is 0 Å². The van der Waals surface area contributed by atoms with Crippen LogP contribution in [0, 0.1) is 0 Å². The van der Waals surface area contributed by atoms with Crippen molar-refractivity contribution in [3.8, 4) is 11.4 Å². The van der Waals surface area contributed by atoms with Crippen molar-refractivity contribution in [2.75, 3.05) is 4.90 Å². The van der Waals surface area contributed by atoms with Crippen LogP contribution < -0.4 is 21.3 Å². The quantitative estimate of drug-likeness (QED) is 0.186. The Morgan fingerprint density at radius 3 is 1.89 bits per heavy atom. The van der Waals surface area contributed by atoms with Crippen LogP contribution in [0.4, 0.5) is 17.1 Å². The third kappa shape index (κ3) is 2.94. The summed E-state index contributed by atoms with van der Waals surface area (Å²) in [4.78, 5) is 2.45. The normalized spacial score (nSPS) is 13.1. The predicted octanol–water partition coefficient (Wildman–Crippen LogP) is 8.49. The van der Waals surface area contributed by atoms with Crippen LogP contribution in [0.15, 0.2) is 158 Å². The van der Waals surface area contributed by atoms with Crippen LogP contribution >= 0.6 is 0 Å². The van der Waals surface area contributed by atoms with Gasteiger partial charge in [-0.2, -0.15) is 0 Å². The number of anilines is 3. The molecular formula is C42H26BN3. The number of hydrogen-bond acceptors (Lipinski definition) is 1. The largest absolute Gasteiger partial charge is 0.311 e. The average molecular weight is 584 g/mol. The molecule has 2 aliphatic heterocycles. The van der Waals surface area contributed by atoms with Crippen LogP contribution in [-0.4, -0.2) is 15.8 Å². The highest BCUT2D eigenvalue weighted by Crippen LogP contribution is 2.44. The van der Waals surface area contributed by atoms with Crippen molar-refractivity contribution in [2.24, 2.45) is 0 Å². The molecule has 2 aliphatic rings. The van der Waals surface area contributed by atoms with Crippen LogP contribution in [0.5, 0.6) is 0 Å². The van der Waals surface area contributed by atoms with E-state index in [-0.39, 0.29) is 6.71 Å². The summed E-state index contributed by atoms with van der Waals surface area (Å²) in [5, 5.41) is 5.17. The van der Waals surface area contributed by atoms with Gasteiger partial charge in [0.25, 0.3) is 6.71 Å². The summed E-state index contributed by atoms with van der Waals surface area (Å²) >= 11 is 0. The van der Waals surface area contributed by atoms with E-state index in [9.17, 15) is 0 Å². The summed E-state index contributed by atoms with van der Waals surface area (Å²) in [6.45, 7) is 0.137. The Balaban J connectivity index is 1.33. The Kier molecular flexibility index (Phi) is 4.66.